The van der Waals surface area contributed by atoms with Gasteiger partial charge in [0.05, 0.1) is 11.3 Å². The Balaban J connectivity index is 1.51. The van der Waals surface area contributed by atoms with Crippen LogP contribution >= 0.6 is 0 Å². The number of carbonyl (C=O) groups excluding carboxylic acids is 3. The summed E-state index contributed by atoms with van der Waals surface area (Å²) >= 11 is 0. The average molecular weight is 440 g/mol. The van der Waals surface area contributed by atoms with Crippen molar-refractivity contribution in [3.63, 3.8) is 0 Å². The molecule has 0 bridgehead atoms. The van der Waals surface area contributed by atoms with Crippen LogP contribution in [0.3, 0.4) is 0 Å². The molecule has 0 aromatic heterocycles. The Kier molecular flexibility index (Phi) is 8.48. The number of hydrogen-bond acceptors (Lipinski definition) is 5. The van der Waals surface area contributed by atoms with Crippen LogP contribution in [0, 0.1) is 0 Å². The summed E-state index contributed by atoms with van der Waals surface area (Å²) in [5.41, 5.74) is 1.40. The van der Waals surface area contributed by atoms with Crippen molar-refractivity contribution in [1.29, 1.82) is 0 Å². The molecule has 1 heterocycles. The van der Waals surface area contributed by atoms with Gasteiger partial charge in [-0.1, -0.05) is 50.8 Å². The van der Waals surface area contributed by atoms with Crippen LogP contribution < -0.4 is 25.4 Å². The number of ether oxygens (including phenoxy) is 2. The Bertz CT molecular complexity index is 960. The van der Waals surface area contributed by atoms with Gasteiger partial charge in [-0.15, -0.1) is 0 Å². The van der Waals surface area contributed by atoms with Gasteiger partial charge in [-0.25, -0.2) is 0 Å². The highest BCUT2D eigenvalue weighted by atomic mass is 16.7. The summed E-state index contributed by atoms with van der Waals surface area (Å²) in [6.07, 6.45) is 5.29. The van der Waals surface area contributed by atoms with Crippen molar-refractivity contribution in [2.75, 3.05) is 18.7 Å². The maximum absolute atomic E-state index is 12.7. The zero-order valence-corrected chi connectivity index (χ0v) is 18.2. The number of hydrogen-bond donors (Lipinski definition) is 3. The zero-order valence-electron chi connectivity index (χ0n) is 18.2. The third-order valence-corrected chi connectivity index (χ3v) is 5.08. The van der Waals surface area contributed by atoms with Gasteiger partial charge >= 0.3 is 11.8 Å². The van der Waals surface area contributed by atoms with E-state index in [1.807, 2.05) is 12.1 Å². The molecule has 2 aromatic rings. The van der Waals surface area contributed by atoms with E-state index in [1.165, 1.54) is 6.42 Å². The Morgan fingerprint density at radius 2 is 1.66 bits per heavy atom. The molecule has 170 valence electrons. The SMILES string of the molecule is CCCCCCCNC(=O)C(=O)Nc1ccccc1C(=O)NCc1ccc2c(c1)OCO2. The number of carbonyl (C=O) groups is 3. The molecule has 0 aliphatic carbocycles. The van der Waals surface area contributed by atoms with Gasteiger partial charge in [0.1, 0.15) is 0 Å². The van der Waals surface area contributed by atoms with Crippen LogP contribution in [0.5, 0.6) is 11.5 Å². The molecule has 0 saturated heterocycles. The number of para-hydroxylation sites is 1. The molecule has 8 heteroatoms. The van der Waals surface area contributed by atoms with Gasteiger partial charge in [0.15, 0.2) is 11.5 Å². The van der Waals surface area contributed by atoms with Crippen molar-refractivity contribution in [3.05, 3.63) is 53.6 Å². The van der Waals surface area contributed by atoms with Crippen molar-refractivity contribution in [2.45, 2.75) is 45.6 Å². The fourth-order valence-electron chi connectivity index (χ4n) is 3.31. The lowest BCUT2D eigenvalue weighted by molar-refractivity contribution is -0.136. The van der Waals surface area contributed by atoms with Gasteiger partial charge in [-0.05, 0) is 36.2 Å². The van der Waals surface area contributed by atoms with Crippen LogP contribution in [0.4, 0.5) is 5.69 Å². The lowest BCUT2D eigenvalue weighted by Crippen LogP contribution is -2.36. The summed E-state index contributed by atoms with van der Waals surface area (Å²) in [4.78, 5) is 37.0. The fraction of sp³-hybridized carbons (Fsp3) is 0.375. The third-order valence-electron chi connectivity index (χ3n) is 5.08. The van der Waals surface area contributed by atoms with Gasteiger partial charge < -0.3 is 25.4 Å². The fourth-order valence-corrected chi connectivity index (χ4v) is 3.31. The number of anilines is 1. The zero-order chi connectivity index (χ0) is 22.8. The van der Waals surface area contributed by atoms with Crippen LogP contribution in [-0.2, 0) is 16.1 Å². The Labute approximate surface area is 187 Å². The Morgan fingerprint density at radius 1 is 0.875 bits per heavy atom. The van der Waals surface area contributed by atoms with Gasteiger partial charge in [-0.3, -0.25) is 14.4 Å². The van der Waals surface area contributed by atoms with E-state index < -0.39 is 11.8 Å². The van der Waals surface area contributed by atoms with Crippen molar-refractivity contribution < 1.29 is 23.9 Å². The summed E-state index contributed by atoms with van der Waals surface area (Å²) in [5.74, 6) is -0.561. The van der Waals surface area contributed by atoms with E-state index in [-0.39, 0.29) is 30.5 Å². The van der Waals surface area contributed by atoms with Crippen molar-refractivity contribution in [3.8, 4) is 11.5 Å². The summed E-state index contributed by atoms with van der Waals surface area (Å²) in [5, 5.41) is 7.98. The topological polar surface area (TPSA) is 106 Å². The number of unbranched alkanes of at least 4 members (excludes halogenated alkanes) is 4. The van der Waals surface area contributed by atoms with Crippen molar-refractivity contribution in [1.82, 2.24) is 10.6 Å². The lowest BCUT2D eigenvalue weighted by Gasteiger charge is -2.12. The first-order chi connectivity index (χ1) is 15.6. The molecule has 1 aliphatic rings. The normalized spacial score (nSPS) is 11.7. The maximum atomic E-state index is 12.7. The van der Waals surface area contributed by atoms with Gasteiger partial charge in [0.25, 0.3) is 5.91 Å². The molecule has 2 aromatic carbocycles. The molecule has 3 rings (SSSR count). The van der Waals surface area contributed by atoms with Crippen LogP contribution in [0.25, 0.3) is 0 Å². The third kappa shape index (κ3) is 6.47. The van der Waals surface area contributed by atoms with E-state index in [4.69, 9.17) is 9.47 Å². The molecule has 3 amide bonds. The predicted octanol–water partition coefficient (Wildman–Crippen LogP) is 3.37. The first kappa shape index (κ1) is 23.1. The average Bonchev–Trinajstić information content (AvgIpc) is 3.28. The van der Waals surface area contributed by atoms with Crippen LogP contribution in [0.1, 0.15) is 54.9 Å². The number of nitrogens with one attached hydrogen (secondary N) is 3. The minimum atomic E-state index is -0.797. The maximum Gasteiger partial charge on any atom is 0.313 e. The van der Waals surface area contributed by atoms with Crippen LogP contribution in [0.2, 0.25) is 0 Å². The second kappa shape index (κ2) is 11.7. The molecule has 0 atom stereocenters. The summed E-state index contributed by atoms with van der Waals surface area (Å²) in [6, 6.07) is 12.0. The highest BCUT2D eigenvalue weighted by Gasteiger charge is 2.18. The quantitative estimate of drug-likeness (QED) is 0.389. The number of rotatable bonds is 10. The highest BCUT2D eigenvalue weighted by molar-refractivity contribution is 6.40. The molecule has 0 unspecified atom stereocenters. The smallest absolute Gasteiger partial charge is 0.313 e. The molecule has 0 fully saturated rings. The van der Waals surface area contributed by atoms with E-state index in [2.05, 4.69) is 22.9 Å². The van der Waals surface area contributed by atoms with Gasteiger partial charge in [-0.2, -0.15) is 0 Å². The van der Waals surface area contributed by atoms with Gasteiger partial charge in [0.2, 0.25) is 6.79 Å². The molecule has 3 N–H and O–H groups in total. The molecule has 32 heavy (non-hydrogen) atoms. The van der Waals surface area contributed by atoms with Crippen molar-refractivity contribution in [2.24, 2.45) is 0 Å². The molecular weight excluding hydrogens is 410 g/mol. The molecular formula is C24H29N3O5. The number of fused-ring (bicyclic) bond motifs is 1. The van der Waals surface area contributed by atoms with E-state index in [1.54, 1.807) is 30.3 Å². The molecule has 8 nitrogen and oxygen atoms in total. The van der Waals surface area contributed by atoms with E-state index in [9.17, 15) is 14.4 Å². The summed E-state index contributed by atoms with van der Waals surface area (Å²) in [6.45, 7) is 3.05. The molecule has 0 radical (unpaired) electrons. The first-order valence-corrected chi connectivity index (χ1v) is 10.9. The number of amides is 3. The van der Waals surface area contributed by atoms with E-state index in [0.717, 1.165) is 31.2 Å². The molecule has 0 saturated carbocycles. The van der Waals surface area contributed by atoms with Crippen LogP contribution in [-0.4, -0.2) is 31.1 Å². The minimum absolute atomic E-state index is 0.185. The predicted molar refractivity (Wildman–Crippen MR) is 121 cm³/mol. The first-order valence-electron chi connectivity index (χ1n) is 10.9. The standard InChI is InChI=1S/C24H29N3O5/c1-2-3-4-5-8-13-25-23(29)24(30)27-19-10-7-6-9-18(19)22(28)26-15-17-11-12-20-21(14-17)32-16-31-20/h6-7,9-12,14H,2-5,8,13,15-16H2,1H3,(H,25,29)(H,26,28)(H,27,30). The minimum Gasteiger partial charge on any atom is -0.454 e. The number of benzene rings is 2. The summed E-state index contributed by atoms with van der Waals surface area (Å²) in [7, 11) is 0. The lowest BCUT2D eigenvalue weighted by atomic mass is 10.1. The highest BCUT2D eigenvalue weighted by Crippen LogP contribution is 2.32. The molecule has 0 spiro atoms. The second-order valence-electron chi connectivity index (χ2n) is 7.54. The van der Waals surface area contributed by atoms with Crippen LogP contribution in [0.15, 0.2) is 42.5 Å². The van der Waals surface area contributed by atoms with Gasteiger partial charge in [0, 0.05) is 13.1 Å². The van der Waals surface area contributed by atoms with E-state index >= 15 is 0 Å². The largest absolute Gasteiger partial charge is 0.454 e. The Hall–Kier alpha value is -3.55. The summed E-state index contributed by atoms with van der Waals surface area (Å²) < 4.78 is 10.6. The Morgan fingerprint density at radius 3 is 2.50 bits per heavy atom. The molecule has 1 aliphatic heterocycles. The van der Waals surface area contributed by atoms with E-state index in [0.29, 0.717) is 18.0 Å². The second-order valence-corrected chi connectivity index (χ2v) is 7.54. The van der Waals surface area contributed by atoms with Crippen molar-refractivity contribution >= 4 is 23.4 Å². The monoisotopic (exact) mass is 439 g/mol.